The summed E-state index contributed by atoms with van der Waals surface area (Å²) in [7, 11) is 0. The van der Waals surface area contributed by atoms with Crippen LogP contribution in [-0.2, 0) is 0 Å². The second kappa shape index (κ2) is 5.17. The molecule has 0 atom stereocenters. The van der Waals surface area contributed by atoms with Crippen LogP contribution in [0, 0.1) is 0 Å². The van der Waals surface area contributed by atoms with Crippen LogP contribution in [0.3, 0.4) is 0 Å². The average molecular weight is 368 g/mol. The minimum Gasteiger partial charge on any atom is -0.356 e. The van der Waals surface area contributed by atoms with Gasteiger partial charge in [0.15, 0.2) is 0 Å². The number of nitrogens with one attached hydrogen (secondary N) is 2. The Morgan fingerprint density at radius 3 is 2.57 bits per heavy atom. The first-order valence-corrected chi connectivity index (χ1v) is 7.73. The average Bonchev–Trinajstić information content (AvgIpc) is 3.11. The summed E-state index contributed by atoms with van der Waals surface area (Å²) in [6, 6.07) is 12.9. The van der Waals surface area contributed by atoms with E-state index in [-0.39, 0.29) is 11.5 Å². The predicted octanol–water partition coefficient (Wildman–Crippen LogP) is 3.26. The summed E-state index contributed by atoms with van der Waals surface area (Å²) >= 11 is 3.27. The summed E-state index contributed by atoms with van der Waals surface area (Å²) in [5.74, 6) is -0.580. The zero-order valence-corrected chi connectivity index (χ0v) is 13.3. The normalized spacial score (nSPS) is 14.7. The molecular formula is C17H10BrN3O2. The van der Waals surface area contributed by atoms with E-state index in [9.17, 15) is 9.59 Å². The third-order valence-electron chi connectivity index (χ3n) is 3.78. The first kappa shape index (κ1) is 13.9. The number of Topliss-reactive ketones (excluding diaryl/α,β-unsaturated/α-hetero) is 1. The highest BCUT2D eigenvalue weighted by Gasteiger charge is 2.28. The minimum absolute atomic E-state index is 0.176. The van der Waals surface area contributed by atoms with E-state index in [2.05, 4.69) is 31.4 Å². The summed E-state index contributed by atoms with van der Waals surface area (Å²) < 4.78 is 0.768. The van der Waals surface area contributed by atoms with Gasteiger partial charge in [-0.05, 0) is 27.4 Å². The molecule has 6 heteroatoms. The van der Waals surface area contributed by atoms with Gasteiger partial charge < -0.3 is 4.98 Å². The van der Waals surface area contributed by atoms with Gasteiger partial charge in [0.2, 0.25) is 5.78 Å². The molecule has 1 aliphatic carbocycles. The molecule has 0 bridgehead atoms. The highest BCUT2D eigenvalue weighted by molar-refractivity contribution is 9.10. The van der Waals surface area contributed by atoms with Crippen LogP contribution in [0.2, 0.25) is 0 Å². The Balaban J connectivity index is 1.72. The molecule has 0 aliphatic heterocycles. The number of benzene rings is 2. The number of hydrogen-bond donors (Lipinski definition) is 2. The molecule has 23 heavy (non-hydrogen) atoms. The SMILES string of the molecule is O=C(N/N=C1/C(=O)c2cccc3cccc1c23)c1cc(Br)c[nH]1. The number of H-pyrrole nitrogens is 1. The summed E-state index contributed by atoms with van der Waals surface area (Å²) in [6.45, 7) is 0. The Kier molecular flexibility index (Phi) is 3.12. The maximum Gasteiger partial charge on any atom is 0.287 e. The van der Waals surface area contributed by atoms with Gasteiger partial charge in [0.25, 0.3) is 5.91 Å². The van der Waals surface area contributed by atoms with Gasteiger partial charge in [-0.15, -0.1) is 0 Å². The van der Waals surface area contributed by atoms with Crippen molar-refractivity contribution in [1.82, 2.24) is 10.4 Å². The van der Waals surface area contributed by atoms with Crippen molar-refractivity contribution >= 4 is 44.1 Å². The third-order valence-corrected chi connectivity index (χ3v) is 4.24. The lowest BCUT2D eigenvalue weighted by Gasteiger charge is -2.00. The first-order valence-electron chi connectivity index (χ1n) is 6.94. The molecule has 0 unspecified atom stereocenters. The number of carbonyl (C=O) groups is 2. The smallest absolute Gasteiger partial charge is 0.287 e. The molecule has 0 radical (unpaired) electrons. The monoisotopic (exact) mass is 367 g/mol. The highest BCUT2D eigenvalue weighted by Crippen LogP contribution is 2.30. The highest BCUT2D eigenvalue weighted by atomic mass is 79.9. The fourth-order valence-corrected chi connectivity index (χ4v) is 3.10. The number of ketones is 1. The number of hydrazone groups is 1. The molecule has 4 rings (SSSR count). The van der Waals surface area contributed by atoms with Gasteiger partial charge in [-0.2, -0.15) is 5.10 Å². The number of hydrogen-bond acceptors (Lipinski definition) is 3. The van der Waals surface area contributed by atoms with Crippen molar-refractivity contribution in [2.45, 2.75) is 0 Å². The van der Waals surface area contributed by atoms with Gasteiger partial charge in [-0.1, -0.05) is 36.4 Å². The van der Waals surface area contributed by atoms with Crippen molar-refractivity contribution in [2.75, 3.05) is 0 Å². The van der Waals surface area contributed by atoms with Crippen molar-refractivity contribution in [3.8, 4) is 0 Å². The fourth-order valence-electron chi connectivity index (χ4n) is 2.75. The van der Waals surface area contributed by atoms with E-state index in [1.807, 2.05) is 30.3 Å². The van der Waals surface area contributed by atoms with Crippen LogP contribution in [0.25, 0.3) is 10.8 Å². The fraction of sp³-hybridized carbons (Fsp3) is 0. The lowest BCUT2D eigenvalue weighted by molar-refractivity contribution is 0.0950. The number of nitrogens with zero attached hydrogens (tertiary/aromatic N) is 1. The molecule has 2 N–H and O–H groups in total. The van der Waals surface area contributed by atoms with Gasteiger partial charge in [-0.25, -0.2) is 5.43 Å². The molecule has 3 aromatic rings. The summed E-state index contributed by atoms with van der Waals surface area (Å²) in [5, 5.41) is 5.93. The Morgan fingerprint density at radius 2 is 1.87 bits per heavy atom. The zero-order valence-electron chi connectivity index (χ0n) is 11.8. The maximum atomic E-state index is 12.5. The largest absolute Gasteiger partial charge is 0.356 e. The quantitative estimate of drug-likeness (QED) is 0.682. The number of halogens is 1. The molecule has 1 aromatic heterocycles. The summed E-state index contributed by atoms with van der Waals surface area (Å²) in [4.78, 5) is 27.4. The van der Waals surface area contributed by atoms with Gasteiger partial charge >= 0.3 is 0 Å². The first-order chi connectivity index (χ1) is 11.1. The van der Waals surface area contributed by atoms with E-state index in [4.69, 9.17) is 0 Å². The van der Waals surface area contributed by atoms with Crippen LogP contribution in [0.4, 0.5) is 0 Å². The molecule has 1 aliphatic rings. The molecule has 1 amide bonds. The van der Waals surface area contributed by atoms with Gasteiger partial charge in [0.05, 0.1) is 0 Å². The summed E-state index contributed by atoms with van der Waals surface area (Å²) in [6.07, 6.45) is 1.65. The van der Waals surface area contributed by atoms with Crippen molar-refractivity contribution in [3.05, 3.63) is 70.0 Å². The third kappa shape index (κ3) is 2.19. The van der Waals surface area contributed by atoms with Gasteiger partial charge in [0.1, 0.15) is 11.4 Å². The standard InChI is InChI=1S/C17H10BrN3O2/c18-10-7-13(19-8-10)17(23)21-20-15-11-5-1-3-9-4-2-6-12(14(9)11)16(15)22/h1-8,19H,(H,21,23)/b20-15+. The van der Waals surface area contributed by atoms with Gasteiger partial charge in [0, 0.05) is 27.2 Å². The number of aromatic amines is 1. The Hall–Kier alpha value is -2.73. The van der Waals surface area contributed by atoms with E-state index < -0.39 is 5.91 Å². The van der Waals surface area contributed by atoms with Crippen LogP contribution >= 0.6 is 15.9 Å². The zero-order chi connectivity index (χ0) is 16.0. The summed E-state index contributed by atoms with van der Waals surface area (Å²) in [5.41, 5.74) is 4.43. The predicted molar refractivity (Wildman–Crippen MR) is 90.8 cm³/mol. The lowest BCUT2D eigenvalue weighted by Crippen LogP contribution is -2.22. The molecule has 0 spiro atoms. The Labute approximate surface area is 139 Å². The molecule has 2 aromatic carbocycles. The van der Waals surface area contributed by atoms with Crippen LogP contribution in [-0.4, -0.2) is 22.4 Å². The van der Waals surface area contributed by atoms with Crippen LogP contribution < -0.4 is 5.43 Å². The van der Waals surface area contributed by atoms with Crippen LogP contribution in [0.5, 0.6) is 0 Å². The molecule has 0 saturated heterocycles. The number of carbonyl (C=O) groups excluding carboxylic acids is 2. The second-order valence-corrected chi connectivity index (χ2v) is 6.09. The van der Waals surface area contributed by atoms with E-state index in [1.54, 1.807) is 18.3 Å². The molecule has 5 nitrogen and oxygen atoms in total. The van der Waals surface area contributed by atoms with E-state index in [0.717, 1.165) is 20.8 Å². The van der Waals surface area contributed by atoms with E-state index in [0.29, 0.717) is 11.3 Å². The molecule has 0 fully saturated rings. The van der Waals surface area contributed by atoms with Crippen LogP contribution in [0.1, 0.15) is 26.4 Å². The molecule has 112 valence electrons. The molecule has 0 saturated carbocycles. The van der Waals surface area contributed by atoms with Crippen molar-refractivity contribution in [1.29, 1.82) is 0 Å². The van der Waals surface area contributed by atoms with E-state index >= 15 is 0 Å². The molecular weight excluding hydrogens is 358 g/mol. The molecule has 1 heterocycles. The van der Waals surface area contributed by atoms with Crippen LogP contribution in [0.15, 0.2) is 58.2 Å². The maximum absolute atomic E-state index is 12.5. The number of rotatable bonds is 2. The Bertz CT molecular complexity index is 999. The lowest BCUT2D eigenvalue weighted by atomic mass is 10.1. The van der Waals surface area contributed by atoms with Crippen molar-refractivity contribution in [2.24, 2.45) is 5.10 Å². The minimum atomic E-state index is -0.404. The van der Waals surface area contributed by atoms with Crippen molar-refractivity contribution < 1.29 is 9.59 Å². The number of amides is 1. The second-order valence-electron chi connectivity index (χ2n) is 5.17. The van der Waals surface area contributed by atoms with Crippen molar-refractivity contribution in [3.63, 3.8) is 0 Å². The topological polar surface area (TPSA) is 74.3 Å². The van der Waals surface area contributed by atoms with E-state index in [1.165, 1.54) is 0 Å². The number of aromatic nitrogens is 1. The van der Waals surface area contributed by atoms with Gasteiger partial charge in [-0.3, -0.25) is 9.59 Å². The Morgan fingerprint density at radius 1 is 1.13 bits per heavy atom.